The van der Waals surface area contributed by atoms with E-state index < -0.39 is 17.5 Å². The van der Waals surface area contributed by atoms with Gasteiger partial charge in [-0.25, -0.2) is 8.78 Å². The molecular formula is C20H21F2NO4. The van der Waals surface area contributed by atoms with Gasteiger partial charge in [-0.05, 0) is 48.7 Å². The van der Waals surface area contributed by atoms with Gasteiger partial charge in [0, 0.05) is 18.7 Å². The van der Waals surface area contributed by atoms with Gasteiger partial charge in [-0.15, -0.1) is 0 Å². The number of halogens is 2. The van der Waals surface area contributed by atoms with Crippen LogP contribution in [0.1, 0.15) is 28.8 Å². The maximum absolute atomic E-state index is 13.2. The van der Waals surface area contributed by atoms with Crippen LogP contribution in [0.5, 0.6) is 11.5 Å². The van der Waals surface area contributed by atoms with Gasteiger partial charge in [-0.2, -0.15) is 0 Å². The van der Waals surface area contributed by atoms with E-state index in [1.807, 2.05) is 0 Å². The second-order valence-electron chi connectivity index (χ2n) is 6.24. The predicted molar refractivity (Wildman–Crippen MR) is 95.0 cm³/mol. The largest absolute Gasteiger partial charge is 0.493 e. The second kappa shape index (κ2) is 8.81. The third-order valence-corrected chi connectivity index (χ3v) is 4.31. The lowest BCUT2D eigenvalue weighted by Gasteiger charge is -2.15. The van der Waals surface area contributed by atoms with Crippen molar-refractivity contribution in [2.24, 2.45) is 0 Å². The van der Waals surface area contributed by atoms with Gasteiger partial charge < -0.3 is 19.5 Å². The van der Waals surface area contributed by atoms with Crippen molar-refractivity contribution in [2.45, 2.75) is 25.5 Å². The highest BCUT2D eigenvalue weighted by atomic mass is 19.2. The molecule has 1 fully saturated rings. The molecule has 27 heavy (non-hydrogen) atoms. The Labute approximate surface area is 156 Å². The lowest BCUT2D eigenvalue weighted by molar-refractivity contribution is 0.0669. The van der Waals surface area contributed by atoms with E-state index in [-0.39, 0.29) is 18.2 Å². The highest BCUT2D eigenvalue weighted by Crippen LogP contribution is 2.29. The zero-order valence-corrected chi connectivity index (χ0v) is 15.0. The molecule has 1 amide bonds. The van der Waals surface area contributed by atoms with E-state index in [1.165, 1.54) is 13.2 Å². The molecule has 1 atom stereocenters. The maximum atomic E-state index is 13.2. The van der Waals surface area contributed by atoms with Gasteiger partial charge in [0.05, 0.1) is 13.2 Å². The number of rotatable bonds is 7. The third kappa shape index (κ3) is 4.95. The Morgan fingerprint density at radius 1 is 1.19 bits per heavy atom. The summed E-state index contributed by atoms with van der Waals surface area (Å²) in [5.74, 6) is -1.39. The topological polar surface area (TPSA) is 56.8 Å². The molecule has 1 N–H and O–H groups in total. The third-order valence-electron chi connectivity index (χ3n) is 4.31. The normalized spacial score (nSPS) is 16.2. The second-order valence-corrected chi connectivity index (χ2v) is 6.24. The number of amides is 1. The molecule has 2 aromatic rings. The molecule has 0 bridgehead atoms. The highest BCUT2D eigenvalue weighted by molar-refractivity contribution is 5.94. The monoisotopic (exact) mass is 377 g/mol. The van der Waals surface area contributed by atoms with E-state index in [9.17, 15) is 13.6 Å². The Morgan fingerprint density at radius 2 is 2.04 bits per heavy atom. The number of carbonyl (C=O) groups excluding carboxylic acids is 1. The van der Waals surface area contributed by atoms with Gasteiger partial charge in [-0.1, -0.05) is 6.07 Å². The highest BCUT2D eigenvalue weighted by Gasteiger charge is 2.17. The van der Waals surface area contributed by atoms with Crippen LogP contribution in [0.3, 0.4) is 0 Å². The summed E-state index contributed by atoms with van der Waals surface area (Å²) in [6, 6.07) is 8.36. The molecule has 7 heteroatoms. The van der Waals surface area contributed by atoms with Crippen molar-refractivity contribution in [1.82, 2.24) is 5.32 Å². The minimum atomic E-state index is -1.06. The van der Waals surface area contributed by atoms with Crippen molar-refractivity contribution in [3.05, 3.63) is 59.2 Å². The summed E-state index contributed by atoms with van der Waals surface area (Å²) in [7, 11) is 1.54. The van der Waals surface area contributed by atoms with Crippen molar-refractivity contribution in [3.8, 4) is 11.5 Å². The molecule has 0 spiro atoms. The Balaban J connectivity index is 1.59. The smallest absolute Gasteiger partial charge is 0.251 e. The first-order valence-electron chi connectivity index (χ1n) is 8.71. The van der Waals surface area contributed by atoms with Gasteiger partial charge in [-0.3, -0.25) is 4.79 Å². The molecule has 0 aliphatic carbocycles. The van der Waals surface area contributed by atoms with Crippen LogP contribution >= 0.6 is 0 Å². The fourth-order valence-corrected chi connectivity index (χ4v) is 2.82. The van der Waals surface area contributed by atoms with Crippen LogP contribution in [0.25, 0.3) is 0 Å². The van der Waals surface area contributed by atoms with E-state index >= 15 is 0 Å². The van der Waals surface area contributed by atoms with Gasteiger partial charge in [0.15, 0.2) is 23.1 Å². The molecule has 144 valence electrons. The zero-order valence-electron chi connectivity index (χ0n) is 15.0. The summed E-state index contributed by atoms with van der Waals surface area (Å²) in [5.41, 5.74) is 0.838. The van der Waals surface area contributed by atoms with Gasteiger partial charge in [0.1, 0.15) is 6.61 Å². The molecule has 3 rings (SSSR count). The van der Waals surface area contributed by atoms with Crippen molar-refractivity contribution < 1.29 is 27.8 Å². The molecule has 0 radical (unpaired) electrons. The Morgan fingerprint density at radius 3 is 2.74 bits per heavy atom. The molecule has 2 aromatic carbocycles. The molecule has 1 heterocycles. The lowest BCUT2D eigenvalue weighted by Crippen LogP contribution is -2.23. The zero-order chi connectivity index (χ0) is 19.2. The summed E-state index contributed by atoms with van der Waals surface area (Å²) in [6.07, 6.45) is 2.13. The Bertz CT molecular complexity index is 807. The number of hydrogen-bond donors (Lipinski definition) is 1. The summed E-state index contributed by atoms with van der Waals surface area (Å²) in [4.78, 5) is 12.1. The van der Waals surface area contributed by atoms with E-state index in [2.05, 4.69) is 5.32 Å². The quantitative estimate of drug-likeness (QED) is 0.803. The molecule has 5 nitrogen and oxygen atoms in total. The van der Waals surface area contributed by atoms with Crippen LogP contribution in [-0.4, -0.2) is 32.3 Å². The summed E-state index contributed by atoms with van der Waals surface area (Å²) >= 11 is 0. The van der Waals surface area contributed by atoms with Crippen LogP contribution in [0, 0.1) is 11.6 Å². The van der Waals surface area contributed by atoms with Crippen LogP contribution in [0.2, 0.25) is 0 Å². The van der Waals surface area contributed by atoms with Crippen LogP contribution in [0.4, 0.5) is 8.78 Å². The minimum absolute atomic E-state index is 0.0531. The number of methoxy groups -OCH3 is 1. The SMILES string of the molecule is COc1cc(CNC(=O)c2ccc(F)c(F)c2)ccc1OCC1CCCO1. The van der Waals surface area contributed by atoms with Crippen LogP contribution < -0.4 is 14.8 Å². The number of benzene rings is 2. The Kier molecular flexibility index (Phi) is 6.24. The maximum Gasteiger partial charge on any atom is 0.251 e. The van der Waals surface area contributed by atoms with Gasteiger partial charge in [0.25, 0.3) is 5.91 Å². The molecule has 1 saturated heterocycles. The Hall–Kier alpha value is -2.67. The fraction of sp³-hybridized carbons (Fsp3) is 0.350. The van der Waals surface area contributed by atoms with E-state index in [1.54, 1.807) is 18.2 Å². The average Bonchev–Trinajstić information content (AvgIpc) is 3.20. The van der Waals surface area contributed by atoms with Crippen molar-refractivity contribution >= 4 is 5.91 Å². The number of hydrogen-bond acceptors (Lipinski definition) is 4. The van der Waals surface area contributed by atoms with Crippen molar-refractivity contribution in [3.63, 3.8) is 0 Å². The van der Waals surface area contributed by atoms with E-state index in [0.717, 1.165) is 37.1 Å². The standard InChI is InChI=1S/C20H21F2NO4/c1-25-19-9-13(4-7-18(19)27-12-15-3-2-8-26-15)11-23-20(24)14-5-6-16(21)17(22)10-14/h4-7,9-10,15H,2-3,8,11-12H2,1H3,(H,23,24). The molecule has 1 unspecified atom stereocenters. The number of ether oxygens (including phenoxy) is 3. The number of nitrogens with one attached hydrogen (secondary N) is 1. The summed E-state index contributed by atoms with van der Waals surface area (Å²) < 4.78 is 42.8. The molecule has 0 aromatic heterocycles. The van der Waals surface area contributed by atoms with E-state index in [4.69, 9.17) is 14.2 Å². The van der Waals surface area contributed by atoms with Gasteiger partial charge in [0.2, 0.25) is 0 Å². The van der Waals surface area contributed by atoms with E-state index in [0.29, 0.717) is 18.1 Å². The molecule has 1 aliphatic heterocycles. The molecular weight excluding hydrogens is 356 g/mol. The first-order chi connectivity index (χ1) is 13.1. The molecule has 0 saturated carbocycles. The number of carbonyl (C=O) groups is 1. The minimum Gasteiger partial charge on any atom is -0.493 e. The van der Waals surface area contributed by atoms with Gasteiger partial charge >= 0.3 is 0 Å². The first kappa shape index (κ1) is 19.1. The lowest BCUT2D eigenvalue weighted by atomic mass is 10.1. The first-order valence-corrected chi connectivity index (χ1v) is 8.71. The van der Waals surface area contributed by atoms with Crippen LogP contribution in [0.15, 0.2) is 36.4 Å². The summed E-state index contributed by atoms with van der Waals surface area (Å²) in [5, 5.41) is 2.67. The molecule has 1 aliphatic rings. The van der Waals surface area contributed by atoms with Crippen LogP contribution in [-0.2, 0) is 11.3 Å². The fourth-order valence-electron chi connectivity index (χ4n) is 2.82. The van der Waals surface area contributed by atoms with Crippen molar-refractivity contribution in [2.75, 3.05) is 20.3 Å². The van der Waals surface area contributed by atoms with Crippen molar-refractivity contribution in [1.29, 1.82) is 0 Å². The predicted octanol–water partition coefficient (Wildman–Crippen LogP) is 3.46. The summed E-state index contributed by atoms with van der Waals surface area (Å²) in [6.45, 7) is 1.44. The average molecular weight is 377 g/mol.